The molecule has 0 aliphatic carbocycles. The quantitative estimate of drug-likeness (QED) is 0.882. The van der Waals surface area contributed by atoms with Crippen molar-refractivity contribution < 1.29 is 14.7 Å². The molecule has 0 radical (unpaired) electrons. The molecule has 6 heteroatoms. The van der Waals surface area contributed by atoms with Crippen LogP contribution in [0.5, 0.6) is 0 Å². The van der Waals surface area contributed by atoms with Crippen LogP contribution in [0, 0.1) is 11.8 Å². The second-order valence-corrected chi connectivity index (χ2v) is 5.73. The predicted molar refractivity (Wildman–Crippen MR) is 75.2 cm³/mol. The van der Waals surface area contributed by atoms with Gasteiger partial charge in [0.25, 0.3) is 5.91 Å². The van der Waals surface area contributed by atoms with E-state index in [4.69, 9.17) is 10.8 Å². The molecular formula is C13H15BrN2O3. The first kappa shape index (κ1) is 13.9. The summed E-state index contributed by atoms with van der Waals surface area (Å²) in [6.45, 7) is 2.98. The molecule has 1 aliphatic heterocycles. The van der Waals surface area contributed by atoms with Gasteiger partial charge in [-0.1, -0.05) is 22.9 Å². The van der Waals surface area contributed by atoms with E-state index < -0.39 is 11.9 Å². The van der Waals surface area contributed by atoms with Gasteiger partial charge < -0.3 is 15.7 Å². The van der Waals surface area contributed by atoms with Crippen LogP contribution in [-0.4, -0.2) is 30.1 Å². The smallest absolute Gasteiger partial charge is 0.306 e. The molecule has 1 aromatic rings. The summed E-state index contributed by atoms with van der Waals surface area (Å²) in [6.07, 6.45) is 0. The number of nitrogens with zero attached hydrogens (tertiary/aromatic N) is 1. The monoisotopic (exact) mass is 326 g/mol. The molecule has 0 aromatic heterocycles. The van der Waals surface area contributed by atoms with Crippen LogP contribution in [0.2, 0.25) is 0 Å². The van der Waals surface area contributed by atoms with Gasteiger partial charge in [0, 0.05) is 29.2 Å². The summed E-state index contributed by atoms with van der Waals surface area (Å²) in [5, 5.41) is 8.95. The number of carboxylic acids is 1. The molecule has 0 bridgehead atoms. The first-order valence-corrected chi connectivity index (χ1v) is 6.76. The SMILES string of the molecule is CC(C(=O)O)C1CN(c2ccc(Br)cc2C(N)=O)C1. The maximum Gasteiger partial charge on any atom is 0.306 e. The van der Waals surface area contributed by atoms with Crippen molar-refractivity contribution in [3.8, 4) is 0 Å². The first-order chi connectivity index (χ1) is 8.90. The molecule has 1 heterocycles. The zero-order chi connectivity index (χ0) is 14.2. The van der Waals surface area contributed by atoms with E-state index >= 15 is 0 Å². The van der Waals surface area contributed by atoms with Crippen LogP contribution in [0.4, 0.5) is 5.69 Å². The lowest BCUT2D eigenvalue weighted by Crippen LogP contribution is -2.51. The minimum absolute atomic E-state index is 0.113. The van der Waals surface area contributed by atoms with Crippen LogP contribution in [0.25, 0.3) is 0 Å². The zero-order valence-corrected chi connectivity index (χ0v) is 12.1. The summed E-state index contributed by atoms with van der Waals surface area (Å²) in [7, 11) is 0. The van der Waals surface area contributed by atoms with E-state index in [0.29, 0.717) is 18.7 Å². The molecule has 1 amide bonds. The lowest BCUT2D eigenvalue weighted by Gasteiger charge is -2.43. The molecular weight excluding hydrogens is 312 g/mol. The van der Waals surface area contributed by atoms with Gasteiger partial charge in [0.2, 0.25) is 0 Å². The van der Waals surface area contributed by atoms with Gasteiger partial charge in [-0.2, -0.15) is 0 Å². The number of anilines is 1. The molecule has 0 spiro atoms. The van der Waals surface area contributed by atoms with Gasteiger partial charge in [0.05, 0.1) is 11.5 Å². The number of rotatable bonds is 4. The van der Waals surface area contributed by atoms with Crippen molar-refractivity contribution in [2.24, 2.45) is 17.6 Å². The van der Waals surface area contributed by atoms with Crippen LogP contribution in [0.15, 0.2) is 22.7 Å². The molecule has 1 aromatic carbocycles. The highest BCUT2D eigenvalue weighted by Crippen LogP contribution is 2.32. The molecule has 0 saturated carbocycles. The minimum atomic E-state index is -0.782. The number of hydrogen-bond acceptors (Lipinski definition) is 3. The van der Waals surface area contributed by atoms with Gasteiger partial charge in [-0.05, 0) is 18.2 Å². The average Bonchev–Trinajstić information content (AvgIpc) is 2.28. The van der Waals surface area contributed by atoms with Crippen LogP contribution >= 0.6 is 15.9 Å². The fourth-order valence-electron chi connectivity index (χ4n) is 2.21. The third-order valence-corrected chi connectivity index (χ3v) is 4.06. The van der Waals surface area contributed by atoms with Crippen molar-refractivity contribution in [3.05, 3.63) is 28.2 Å². The minimum Gasteiger partial charge on any atom is -0.481 e. The molecule has 1 unspecified atom stereocenters. The van der Waals surface area contributed by atoms with E-state index in [9.17, 15) is 9.59 Å². The zero-order valence-electron chi connectivity index (χ0n) is 10.5. The van der Waals surface area contributed by atoms with Crippen molar-refractivity contribution in [1.82, 2.24) is 0 Å². The number of benzene rings is 1. The summed E-state index contributed by atoms with van der Waals surface area (Å²) in [5.74, 6) is -1.52. The Morgan fingerprint density at radius 1 is 1.47 bits per heavy atom. The summed E-state index contributed by atoms with van der Waals surface area (Å²) in [4.78, 5) is 24.3. The van der Waals surface area contributed by atoms with Crippen molar-refractivity contribution in [1.29, 1.82) is 0 Å². The van der Waals surface area contributed by atoms with Crippen molar-refractivity contribution in [3.63, 3.8) is 0 Å². The maximum atomic E-state index is 11.4. The molecule has 19 heavy (non-hydrogen) atoms. The van der Waals surface area contributed by atoms with E-state index in [2.05, 4.69) is 15.9 Å². The number of primary amides is 1. The Kier molecular flexibility index (Phi) is 3.80. The van der Waals surface area contributed by atoms with Gasteiger partial charge in [0.1, 0.15) is 0 Å². The molecule has 1 atom stereocenters. The van der Waals surface area contributed by atoms with Gasteiger partial charge >= 0.3 is 5.97 Å². The van der Waals surface area contributed by atoms with Crippen molar-refractivity contribution in [2.75, 3.05) is 18.0 Å². The fraction of sp³-hybridized carbons (Fsp3) is 0.385. The van der Waals surface area contributed by atoms with Gasteiger partial charge in [-0.15, -0.1) is 0 Å². The van der Waals surface area contributed by atoms with Crippen LogP contribution in [0.3, 0.4) is 0 Å². The Balaban J connectivity index is 2.14. The average molecular weight is 327 g/mol. The number of aliphatic carboxylic acids is 1. The lowest BCUT2D eigenvalue weighted by molar-refractivity contribution is -0.143. The number of halogens is 1. The molecule has 1 saturated heterocycles. The van der Waals surface area contributed by atoms with E-state index in [1.807, 2.05) is 17.0 Å². The molecule has 1 aliphatic rings. The van der Waals surface area contributed by atoms with Crippen molar-refractivity contribution in [2.45, 2.75) is 6.92 Å². The largest absolute Gasteiger partial charge is 0.481 e. The number of carbonyl (C=O) groups is 2. The Bertz CT molecular complexity index is 527. The van der Waals surface area contributed by atoms with Gasteiger partial charge in [-0.25, -0.2) is 0 Å². The summed E-state index contributed by atoms with van der Waals surface area (Å²) < 4.78 is 0.793. The summed E-state index contributed by atoms with van der Waals surface area (Å²) in [6, 6.07) is 5.35. The maximum absolute atomic E-state index is 11.4. The molecule has 3 N–H and O–H groups in total. The summed E-state index contributed by atoms with van der Waals surface area (Å²) >= 11 is 3.30. The van der Waals surface area contributed by atoms with Crippen LogP contribution in [-0.2, 0) is 4.79 Å². The van der Waals surface area contributed by atoms with Crippen molar-refractivity contribution >= 4 is 33.5 Å². The first-order valence-electron chi connectivity index (χ1n) is 5.97. The Morgan fingerprint density at radius 2 is 2.11 bits per heavy atom. The predicted octanol–water partition coefficient (Wildman–Crippen LogP) is 1.70. The van der Waals surface area contributed by atoms with E-state index in [-0.39, 0.29) is 11.8 Å². The molecule has 2 rings (SSSR count). The fourth-order valence-corrected chi connectivity index (χ4v) is 2.57. The Hall–Kier alpha value is -1.56. The second kappa shape index (κ2) is 5.21. The van der Waals surface area contributed by atoms with E-state index in [1.54, 1.807) is 13.0 Å². The van der Waals surface area contributed by atoms with Gasteiger partial charge in [0.15, 0.2) is 0 Å². The molecule has 1 fully saturated rings. The summed E-state index contributed by atoms with van der Waals surface area (Å²) in [5.41, 5.74) is 6.58. The number of hydrogen-bond donors (Lipinski definition) is 2. The highest BCUT2D eigenvalue weighted by molar-refractivity contribution is 9.10. The van der Waals surface area contributed by atoms with Crippen LogP contribution < -0.4 is 10.6 Å². The van der Waals surface area contributed by atoms with E-state index in [0.717, 1.165) is 10.2 Å². The highest BCUT2D eigenvalue weighted by atomic mass is 79.9. The standard InChI is InChI=1S/C13H15BrN2O3/c1-7(13(18)19)8-5-16(6-8)11-3-2-9(14)4-10(11)12(15)17/h2-4,7-8H,5-6H2,1H3,(H2,15,17)(H,18,19). The number of carbonyl (C=O) groups excluding carboxylic acids is 1. The lowest BCUT2D eigenvalue weighted by atomic mass is 9.86. The highest BCUT2D eigenvalue weighted by Gasteiger charge is 2.35. The normalized spacial score (nSPS) is 16.8. The molecule has 5 nitrogen and oxygen atoms in total. The topological polar surface area (TPSA) is 83.6 Å². The van der Waals surface area contributed by atoms with E-state index in [1.165, 1.54) is 0 Å². The van der Waals surface area contributed by atoms with Crippen LogP contribution in [0.1, 0.15) is 17.3 Å². The number of nitrogens with two attached hydrogens (primary N) is 1. The Labute approximate surface area is 119 Å². The third kappa shape index (κ3) is 2.73. The number of amides is 1. The third-order valence-electron chi connectivity index (χ3n) is 3.57. The van der Waals surface area contributed by atoms with Gasteiger partial charge in [-0.3, -0.25) is 9.59 Å². The number of carboxylic acid groups (broad SMARTS) is 1. The molecule has 102 valence electrons. The Morgan fingerprint density at radius 3 is 2.63 bits per heavy atom. The second-order valence-electron chi connectivity index (χ2n) is 4.82.